The predicted molar refractivity (Wildman–Crippen MR) is 83.3 cm³/mol. The molecule has 1 aliphatic heterocycles. The maximum Gasteiger partial charge on any atom is 0.470 e. The van der Waals surface area contributed by atoms with Crippen LogP contribution in [0.5, 0.6) is 0 Å². The monoisotopic (exact) mass is 374 g/mol. The van der Waals surface area contributed by atoms with E-state index in [2.05, 4.69) is 15.5 Å². The minimum Gasteiger partial charge on any atom is -0.417 e. The van der Waals surface area contributed by atoms with Gasteiger partial charge >= 0.3 is 18.1 Å². The Labute approximate surface area is 146 Å². The molecule has 134 valence electrons. The van der Waals surface area contributed by atoms with E-state index in [1.54, 1.807) is 24.3 Å². The molecule has 0 spiro atoms. The molecule has 2 aromatic rings. The lowest BCUT2D eigenvalue weighted by atomic mass is 9.98. The van der Waals surface area contributed by atoms with Crippen molar-refractivity contribution in [3.8, 4) is 0 Å². The Morgan fingerprint density at radius 2 is 2.08 bits per heavy atom. The maximum atomic E-state index is 12.6. The van der Waals surface area contributed by atoms with E-state index in [4.69, 9.17) is 16.0 Å². The van der Waals surface area contributed by atoms with Crippen molar-refractivity contribution in [2.75, 3.05) is 18.4 Å². The number of para-hydroxylation sites is 1. The summed E-state index contributed by atoms with van der Waals surface area (Å²) < 4.78 is 42.4. The van der Waals surface area contributed by atoms with E-state index in [9.17, 15) is 18.0 Å². The molecule has 2 heterocycles. The van der Waals surface area contributed by atoms with Crippen LogP contribution in [0.3, 0.4) is 0 Å². The van der Waals surface area contributed by atoms with Crippen LogP contribution in [-0.2, 0) is 6.18 Å². The largest absolute Gasteiger partial charge is 0.470 e. The summed E-state index contributed by atoms with van der Waals surface area (Å²) in [6, 6.07) is 6.40. The lowest BCUT2D eigenvalue weighted by molar-refractivity contribution is -0.157. The van der Waals surface area contributed by atoms with Crippen molar-refractivity contribution >= 4 is 23.3 Å². The van der Waals surface area contributed by atoms with Crippen LogP contribution in [-0.4, -0.2) is 34.2 Å². The second-order valence-corrected chi connectivity index (χ2v) is 6.05. The number of carbonyl (C=O) groups excluding carboxylic acids is 1. The number of aromatic nitrogens is 2. The average molecular weight is 375 g/mol. The van der Waals surface area contributed by atoms with Crippen LogP contribution in [0.4, 0.5) is 23.7 Å². The van der Waals surface area contributed by atoms with Crippen LogP contribution < -0.4 is 5.32 Å². The van der Waals surface area contributed by atoms with E-state index in [0.29, 0.717) is 30.1 Å². The average Bonchev–Trinajstić information content (AvgIpc) is 3.07. The molecule has 0 unspecified atom stereocenters. The number of alkyl halides is 3. The van der Waals surface area contributed by atoms with Crippen molar-refractivity contribution in [1.29, 1.82) is 0 Å². The molecule has 1 aromatic carbocycles. The van der Waals surface area contributed by atoms with E-state index in [-0.39, 0.29) is 18.5 Å². The summed E-state index contributed by atoms with van der Waals surface area (Å²) in [7, 11) is 0. The van der Waals surface area contributed by atoms with Gasteiger partial charge in [0, 0.05) is 13.1 Å². The fraction of sp³-hybridized carbons (Fsp3) is 0.400. The molecule has 0 saturated carbocycles. The van der Waals surface area contributed by atoms with E-state index < -0.39 is 18.0 Å². The lowest BCUT2D eigenvalue weighted by Crippen LogP contribution is -2.41. The zero-order valence-corrected chi connectivity index (χ0v) is 13.6. The topological polar surface area (TPSA) is 71.3 Å². The first-order chi connectivity index (χ1) is 11.8. The molecule has 6 nitrogen and oxygen atoms in total. The van der Waals surface area contributed by atoms with Crippen LogP contribution >= 0.6 is 11.6 Å². The lowest BCUT2D eigenvalue weighted by Gasteiger charge is -2.31. The number of nitrogens with one attached hydrogen (secondary N) is 1. The highest BCUT2D eigenvalue weighted by Gasteiger charge is 2.39. The van der Waals surface area contributed by atoms with Gasteiger partial charge in [-0.25, -0.2) is 4.79 Å². The predicted octanol–water partition coefficient (Wildman–Crippen LogP) is 4.15. The van der Waals surface area contributed by atoms with Crippen LogP contribution in [0.1, 0.15) is 30.5 Å². The molecule has 3 rings (SSSR count). The summed E-state index contributed by atoms with van der Waals surface area (Å²) >= 11 is 6.00. The van der Waals surface area contributed by atoms with Crippen LogP contribution in [0.15, 0.2) is 28.7 Å². The fourth-order valence-corrected chi connectivity index (χ4v) is 2.82. The summed E-state index contributed by atoms with van der Waals surface area (Å²) in [6.07, 6.45) is -3.50. The van der Waals surface area contributed by atoms with Gasteiger partial charge in [-0.1, -0.05) is 23.7 Å². The number of nitrogens with zero attached hydrogens (tertiary/aromatic N) is 3. The summed E-state index contributed by atoms with van der Waals surface area (Å²) in [4.78, 5) is 13.9. The summed E-state index contributed by atoms with van der Waals surface area (Å²) in [6.45, 7) is 0.669. The smallest absolute Gasteiger partial charge is 0.417 e. The Balaban J connectivity index is 1.67. The Morgan fingerprint density at radius 1 is 1.32 bits per heavy atom. The molecular formula is C15H14ClF3N4O2. The van der Waals surface area contributed by atoms with Crippen molar-refractivity contribution in [3.63, 3.8) is 0 Å². The molecule has 1 aliphatic rings. The van der Waals surface area contributed by atoms with Gasteiger partial charge in [-0.3, -0.25) is 0 Å². The van der Waals surface area contributed by atoms with E-state index in [0.717, 1.165) is 0 Å². The summed E-state index contributed by atoms with van der Waals surface area (Å²) in [5.74, 6) is -1.92. The Bertz CT molecular complexity index is 765. The van der Waals surface area contributed by atoms with Gasteiger partial charge in [0.15, 0.2) is 0 Å². The third-order valence-electron chi connectivity index (χ3n) is 3.86. The zero-order chi connectivity index (χ0) is 18.0. The Morgan fingerprint density at radius 3 is 2.76 bits per heavy atom. The highest BCUT2D eigenvalue weighted by atomic mass is 35.5. The molecule has 0 aliphatic carbocycles. The molecule has 1 atom stereocenters. The number of likely N-dealkylation sites (tertiary alicyclic amines) is 1. The number of anilines is 1. The number of hydrogen-bond donors (Lipinski definition) is 1. The van der Waals surface area contributed by atoms with E-state index in [1.807, 2.05) is 0 Å². The van der Waals surface area contributed by atoms with E-state index >= 15 is 0 Å². The molecule has 1 aromatic heterocycles. The van der Waals surface area contributed by atoms with Crippen molar-refractivity contribution in [1.82, 2.24) is 15.1 Å². The minimum absolute atomic E-state index is 0.109. The minimum atomic E-state index is -4.68. The number of hydrogen-bond acceptors (Lipinski definition) is 4. The van der Waals surface area contributed by atoms with Gasteiger partial charge in [-0.2, -0.15) is 13.2 Å². The second kappa shape index (κ2) is 6.91. The first-order valence-corrected chi connectivity index (χ1v) is 7.93. The molecule has 10 heteroatoms. The maximum absolute atomic E-state index is 12.6. The van der Waals surface area contributed by atoms with Gasteiger partial charge in [0.1, 0.15) is 0 Å². The molecule has 25 heavy (non-hydrogen) atoms. The first-order valence-electron chi connectivity index (χ1n) is 7.55. The third kappa shape index (κ3) is 4.04. The van der Waals surface area contributed by atoms with Crippen molar-refractivity contribution in [2.45, 2.75) is 24.9 Å². The number of carbonyl (C=O) groups is 1. The molecular weight excluding hydrogens is 361 g/mol. The van der Waals surface area contributed by atoms with Gasteiger partial charge < -0.3 is 14.6 Å². The van der Waals surface area contributed by atoms with Crippen molar-refractivity contribution in [3.05, 3.63) is 41.1 Å². The fourth-order valence-electron chi connectivity index (χ4n) is 2.63. The molecule has 2 amide bonds. The highest BCUT2D eigenvalue weighted by Crippen LogP contribution is 2.32. The molecule has 0 bridgehead atoms. The van der Waals surface area contributed by atoms with Gasteiger partial charge in [0.25, 0.3) is 0 Å². The Kier molecular flexibility index (Phi) is 4.85. The Hall–Kier alpha value is -2.29. The zero-order valence-electron chi connectivity index (χ0n) is 12.9. The van der Waals surface area contributed by atoms with Crippen molar-refractivity contribution < 1.29 is 22.4 Å². The standard InChI is InChI=1S/C15H14ClF3N4O2/c16-10-5-1-2-6-11(10)20-14(24)23-7-3-4-9(8-23)12-21-22-13(25-12)15(17,18)19/h1-2,5-6,9H,3-4,7-8H2,(H,20,24)/t9-/m0/s1. The van der Waals surface area contributed by atoms with Crippen molar-refractivity contribution in [2.24, 2.45) is 0 Å². The molecule has 1 saturated heterocycles. The molecule has 1 N–H and O–H groups in total. The van der Waals surface area contributed by atoms with Gasteiger partial charge in [-0.05, 0) is 25.0 Å². The number of halogens is 4. The summed E-state index contributed by atoms with van der Waals surface area (Å²) in [5.41, 5.74) is 0.466. The quantitative estimate of drug-likeness (QED) is 0.857. The van der Waals surface area contributed by atoms with Crippen LogP contribution in [0.25, 0.3) is 0 Å². The second-order valence-electron chi connectivity index (χ2n) is 5.64. The number of benzene rings is 1. The third-order valence-corrected chi connectivity index (χ3v) is 4.19. The SMILES string of the molecule is O=C(Nc1ccccc1Cl)N1CCC[C@H](c2nnc(C(F)(F)F)o2)C1. The van der Waals surface area contributed by atoms with Gasteiger partial charge in [0.05, 0.1) is 16.6 Å². The normalized spacial score (nSPS) is 18.2. The van der Waals surface area contributed by atoms with Gasteiger partial charge in [-0.15, -0.1) is 10.2 Å². The first kappa shape index (κ1) is 17.5. The van der Waals surface area contributed by atoms with Gasteiger partial charge in [0.2, 0.25) is 5.89 Å². The number of amides is 2. The number of piperidine rings is 1. The van der Waals surface area contributed by atoms with E-state index in [1.165, 1.54) is 4.90 Å². The van der Waals surface area contributed by atoms with Crippen LogP contribution in [0, 0.1) is 0 Å². The number of rotatable bonds is 2. The molecule has 1 fully saturated rings. The highest BCUT2D eigenvalue weighted by molar-refractivity contribution is 6.33. The number of urea groups is 1. The van der Waals surface area contributed by atoms with Crippen LogP contribution in [0.2, 0.25) is 5.02 Å². The summed E-state index contributed by atoms with van der Waals surface area (Å²) in [5, 5.41) is 9.60. The molecule has 0 radical (unpaired) electrons.